The Balaban J connectivity index is 1.83. The van der Waals surface area contributed by atoms with E-state index in [0.29, 0.717) is 17.0 Å². The smallest absolute Gasteiger partial charge is 0.341 e. The van der Waals surface area contributed by atoms with Crippen LogP contribution in [0.2, 0.25) is 0 Å². The average Bonchev–Trinajstić information content (AvgIpc) is 3.03. The standard InChI is InChI=1S/C23H27FN2O5S/c1-6-30-21(29)17-15-11-22(2,3)26-23(4,5)18(15)32-19(17)25-16(27)12-31-20(28)13-8-7-9-14(24)10-13/h7-10,26H,6,11-12H2,1-5H3,(H,25,27). The molecule has 1 aliphatic heterocycles. The third-order valence-corrected chi connectivity index (χ3v) is 6.44. The Hall–Kier alpha value is -2.78. The van der Waals surface area contributed by atoms with Gasteiger partial charge in [0.15, 0.2) is 6.61 Å². The van der Waals surface area contributed by atoms with Crippen LogP contribution < -0.4 is 10.6 Å². The molecular weight excluding hydrogens is 435 g/mol. The summed E-state index contributed by atoms with van der Waals surface area (Å²) in [4.78, 5) is 38.3. The fourth-order valence-electron chi connectivity index (χ4n) is 4.03. The summed E-state index contributed by atoms with van der Waals surface area (Å²) in [5.41, 5.74) is 0.497. The first-order chi connectivity index (χ1) is 14.9. The lowest BCUT2D eigenvalue weighted by Gasteiger charge is -2.42. The fourth-order valence-corrected chi connectivity index (χ4v) is 5.31. The molecule has 0 unspecified atom stereocenters. The van der Waals surface area contributed by atoms with Gasteiger partial charge in [0.2, 0.25) is 0 Å². The molecule has 0 radical (unpaired) electrons. The maximum Gasteiger partial charge on any atom is 0.341 e. The summed E-state index contributed by atoms with van der Waals surface area (Å²) in [6.07, 6.45) is 0.584. The van der Waals surface area contributed by atoms with Crippen LogP contribution in [0.15, 0.2) is 24.3 Å². The minimum Gasteiger partial charge on any atom is -0.462 e. The first-order valence-corrected chi connectivity index (χ1v) is 11.1. The minimum absolute atomic E-state index is 0.00616. The first kappa shape index (κ1) is 23.9. The van der Waals surface area contributed by atoms with E-state index in [4.69, 9.17) is 9.47 Å². The summed E-state index contributed by atoms with van der Waals surface area (Å²) in [6, 6.07) is 5.01. The van der Waals surface area contributed by atoms with Crippen molar-refractivity contribution >= 4 is 34.2 Å². The monoisotopic (exact) mass is 462 g/mol. The van der Waals surface area contributed by atoms with Crippen molar-refractivity contribution < 1.29 is 28.2 Å². The molecule has 0 saturated heterocycles. The van der Waals surface area contributed by atoms with Gasteiger partial charge in [-0.2, -0.15) is 0 Å². The van der Waals surface area contributed by atoms with Gasteiger partial charge in [-0.15, -0.1) is 11.3 Å². The van der Waals surface area contributed by atoms with E-state index in [0.717, 1.165) is 16.5 Å². The molecule has 1 amide bonds. The molecule has 7 nitrogen and oxygen atoms in total. The number of ether oxygens (including phenoxy) is 2. The Morgan fingerprint density at radius 1 is 1.16 bits per heavy atom. The van der Waals surface area contributed by atoms with Gasteiger partial charge in [-0.1, -0.05) is 6.07 Å². The number of benzene rings is 1. The van der Waals surface area contributed by atoms with Crippen LogP contribution in [0, 0.1) is 5.82 Å². The molecule has 0 atom stereocenters. The zero-order valence-electron chi connectivity index (χ0n) is 18.8. The molecule has 1 aromatic heterocycles. The van der Waals surface area contributed by atoms with Gasteiger partial charge in [0.05, 0.1) is 17.7 Å². The molecule has 0 saturated carbocycles. The maximum atomic E-state index is 13.3. The van der Waals surface area contributed by atoms with Crippen LogP contribution in [-0.2, 0) is 26.2 Å². The van der Waals surface area contributed by atoms with Crippen molar-refractivity contribution in [3.05, 3.63) is 51.7 Å². The maximum absolute atomic E-state index is 13.3. The van der Waals surface area contributed by atoms with E-state index in [1.54, 1.807) is 6.92 Å². The van der Waals surface area contributed by atoms with E-state index in [1.165, 1.54) is 29.5 Å². The predicted octanol–water partition coefficient (Wildman–Crippen LogP) is 4.02. The second-order valence-corrected chi connectivity index (χ2v) is 9.80. The van der Waals surface area contributed by atoms with Gasteiger partial charge in [0, 0.05) is 16.0 Å². The predicted molar refractivity (Wildman–Crippen MR) is 120 cm³/mol. The summed E-state index contributed by atoms with van der Waals surface area (Å²) < 4.78 is 23.5. The van der Waals surface area contributed by atoms with Crippen LogP contribution in [0.1, 0.15) is 65.8 Å². The summed E-state index contributed by atoms with van der Waals surface area (Å²) in [5.74, 6) is -2.51. The average molecular weight is 463 g/mol. The highest BCUT2D eigenvalue weighted by molar-refractivity contribution is 7.17. The lowest BCUT2D eigenvalue weighted by molar-refractivity contribution is -0.119. The lowest BCUT2D eigenvalue weighted by Crippen LogP contribution is -2.55. The van der Waals surface area contributed by atoms with Crippen molar-refractivity contribution in [2.45, 2.75) is 52.1 Å². The third kappa shape index (κ3) is 5.16. The zero-order valence-corrected chi connectivity index (χ0v) is 19.6. The molecule has 2 aromatic rings. The first-order valence-electron chi connectivity index (χ1n) is 10.3. The molecule has 9 heteroatoms. The van der Waals surface area contributed by atoms with Crippen LogP contribution >= 0.6 is 11.3 Å². The number of nitrogens with one attached hydrogen (secondary N) is 2. The van der Waals surface area contributed by atoms with Crippen LogP contribution in [0.25, 0.3) is 0 Å². The number of fused-ring (bicyclic) bond motifs is 1. The van der Waals surface area contributed by atoms with Gasteiger partial charge in [0.1, 0.15) is 10.8 Å². The van der Waals surface area contributed by atoms with Gasteiger partial charge in [-0.25, -0.2) is 14.0 Å². The molecule has 32 heavy (non-hydrogen) atoms. The number of carbonyl (C=O) groups is 3. The quantitative estimate of drug-likeness (QED) is 0.630. The number of thiophene rings is 1. The highest BCUT2D eigenvalue weighted by Crippen LogP contribution is 2.45. The van der Waals surface area contributed by atoms with E-state index in [1.807, 2.05) is 13.8 Å². The Kier molecular flexibility index (Phi) is 6.71. The van der Waals surface area contributed by atoms with Crippen LogP contribution in [0.4, 0.5) is 9.39 Å². The second kappa shape index (κ2) is 8.99. The molecular formula is C23H27FN2O5S. The van der Waals surface area contributed by atoms with Crippen LogP contribution in [0.3, 0.4) is 0 Å². The Labute approximate surface area is 190 Å². The van der Waals surface area contributed by atoms with E-state index in [-0.39, 0.29) is 17.7 Å². The van der Waals surface area contributed by atoms with Crippen molar-refractivity contribution in [3.63, 3.8) is 0 Å². The summed E-state index contributed by atoms with van der Waals surface area (Å²) in [7, 11) is 0. The summed E-state index contributed by atoms with van der Waals surface area (Å²) in [6.45, 7) is 9.48. The number of anilines is 1. The van der Waals surface area contributed by atoms with Crippen molar-refractivity contribution in [2.24, 2.45) is 0 Å². The van der Waals surface area contributed by atoms with Crippen LogP contribution in [0.5, 0.6) is 0 Å². The van der Waals surface area contributed by atoms with E-state index < -0.39 is 35.8 Å². The topological polar surface area (TPSA) is 93.7 Å². The Morgan fingerprint density at radius 2 is 1.88 bits per heavy atom. The third-order valence-electron chi connectivity index (χ3n) is 4.97. The lowest BCUT2D eigenvalue weighted by atomic mass is 9.81. The van der Waals surface area contributed by atoms with Gasteiger partial charge in [0.25, 0.3) is 5.91 Å². The zero-order chi connectivity index (χ0) is 23.7. The normalized spacial score (nSPS) is 16.1. The molecule has 1 aliphatic rings. The van der Waals surface area contributed by atoms with Gasteiger partial charge in [-0.3, -0.25) is 4.79 Å². The second-order valence-electron chi connectivity index (χ2n) is 8.78. The van der Waals surface area contributed by atoms with E-state index in [2.05, 4.69) is 24.5 Å². The highest BCUT2D eigenvalue weighted by atomic mass is 32.1. The number of halogens is 1. The SMILES string of the molecule is CCOC(=O)c1c(NC(=O)COC(=O)c2cccc(F)c2)sc2c1CC(C)(C)NC2(C)C. The summed E-state index contributed by atoms with van der Waals surface area (Å²) in [5, 5.41) is 6.61. The number of esters is 2. The largest absolute Gasteiger partial charge is 0.462 e. The Bertz CT molecular complexity index is 1060. The highest BCUT2D eigenvalue weighted by Gasteiger charge is 2.42. The molecule has 172 valence electrons. The molecule has 2 N–H and O–H groups in total. The van der Waals surface area contributed by atoms with Crippen molar-refractivity contribution in [3.8, 4) is 0 Å². The number of hydrogen-bond donors (Lipinski definition) is 2. The number of amides is 1. The van der Waals surface area contributed by atoms with Crippen LogP contribution in [-0.4, -0.2) is 36.6 Å². The van der Waals surface area contributed by atoms with E-state index in [9.17, 15) is 18.8 Å². The molecule has 0 bridgehead atoms. The van der Waals surface area contributed by atoms with Crippen molar-refractivity contribution in [2.75, 3.05) is 18.5 Å². The van der Waals surface area contributed by atoms with Crippen molar-refractivity contribution in [1.82, 2.24) is 5.32 Å². The Morgan fingerprint density at radius 3 is 2.53 bits per heavy atom. The van der Waals surface area contributed by atoms with Gasteiger partial charge in [-0.05, 0) is 64.8 Å². The number of hydrogen-bond acceptors (Lipinski definition) is 7. The molecule has 0 aliphatic carbocycles. The van der Waals surface area contributed by atoms with E-state index >= 15 is 0 Å². The number of rotatable bonds is 6. The molecule has 2 heterocycles. The summed E-state index contributed by atoms with van der Waals surface area (Å²) >= 11 is 1.30. The number of carbonyl (C=O) groups excluding carboxylic acids is 3. The minimum atomic E-state index is -0.817. The fraction of sp³-hybridized carbons (Fsp3) is 0.435. The molecule has 0 spiro atoms. The van der Waals surface area contributed by atoms with Crippen molar-refractivity contribution in [1.29, 1.82) is 0 Å². The van der Waals surface area contributed by atoms with Gasteiger partial charge >= 0.3 is 11.9 Å². The molecule has 0 fully saturated rings. The molecule has 3 rings (SSSR count). The van der Waals surface area contributed by atoms with Gasteiger partial charge < -0.3 is 20.1 Å². The molecule has 1 aromatic carbocycles.